The molecule has 2 N–H and O–H groups in total. The Kier molecular flexibility index (Phi) is 5.11. The summed E-state index contributed by atoms with van der Waals surface area (Å²) >= 11 is 0. The molecule has 1 rings (SSSR count). The summed E-state index contributed by atoms with van der Waals surface area (Å²) in [5.74, 6) is 0.773. The number of ether oxygens (including phenoxy) is 1. The lowest BCUT2D eigenvalue weighted by atomic mass is 10.6. The molecule has 1 aromatic rings. The minimum absolute atomic E-state index is 0.0360. The van der Waals surface area contributed by atoms with E-state index in [-0.39, 0.29) is 12.3 Å². The van der Waals surface area contributed by atoms with Crippen molar-refractivity contribution in [3.8, 4) is 5.88 Å². The molecular weight excluding hydrogens is 244 g/mol. The van der Waals surface area contributed by atoms with E-state index in [1.54, 1.807) is 12.3 Å². The van der Waals surface area contributed by atoms with Crippen molar-refractivity contribution in [2.75, 3.05) is 31.3 Å². The molecule has 0 aliphatic carbocycles. The number of nitrogens with zero attached hydrogens (tertiary/aromatic N) is 2. The second kappa shape index (κ2) is 6.36. The van der Waals surface area contributed by atoms with Gasteiger partial charge in [0.15, 0.2) is 0 Å². The zero-order valence-corrected chi connectivity index (χ0v) is 10.6. The van der Waals surface area contributed by atoms with Gasteiger partial charge in [-0.25, -0.2) is 18.1 Å². The van der Waals surface area contributed by atoms with Crippen molar-refractivity contribution in [1.29, 1.82) is 0 Å². The lowest BCUT2D eigenvalue weighted by Gasteiger charge is -2.06. The molecule has 0 aromatic carbocycles. The fourth-order valence-electron chi connectivity index (χ4n) is 1.05. The van der Waals surface area contributed by atoms with Crippen molar-refractivity contribution < 1.29 is 13.2 Å². The predicted molar refractivity (Wildman–Crippen MR) is 64.5 cm³/mol. The molecule has 0 bridgehead atoms. The maximum absolute atomic E-state index is 11.1. The largest absolute Gasteiger partial charge is 0.478 e. The first-order valence-corrected chi connectivity index (χ1v) is 6.83. The average molecular weight is 260 g/mol. The third-order valence-corrected chi connectivity index (χ3v) is 3.25. The molecule has 0 unspecified atom stereocenters. The minimum atomic E-state index is -3.21. The quantitative estimate of drug-likeness (QED) is 0.707. The van der Waals surface area contributed by atoms with Gasteiger partial charge in [-0.1, -0.05) is 0 Å². The standard InChI is InChI=1S/C9H16N4O3S/c1-3-16-8-4-5-11-9(13-8)12-6-7-17(14,15)10-2/h4-5,10H,3,6-7H2,1-2H3,(H,11,12,13). The second-order valence-electron chi connectivity index (χ2n) is 3.10. The Morgan fingerprint density at radius 2 is 2.24 bits per heavy atom. The number of hydrogen-bond donors (Lipinski definition) is 2. The number of nitrogens with one attached hydrogen (secondary N) is 2. The lowest BCUT2D eigenvalue weighted by molar-refractivity contribution is 0.326. The Bertz CT molecular complexity index is 449. The summed E-state index contributed by atoms with van der Waals surface area (Å²) in [7, 11) is -1.83. The molecule has 0 radical (unpaired) electrons. The Morgan fingerprint density at radius 1 is 1.47 bits per heavy atom. The van der Waals surface area contributed by atoms with Crippen LogP contribution in [-0.4, -0.2) is 44.3 Å². The molecule has 0 aliphatic heterocycles. The second-order valence-corrected chi connectivity index (χ2v) is 5.15. The van der Waals surface area contributed by atoms with Gasteiger partial charge >= 0.3 is 0 Å². The van der Waals surface area contributed by atoms with Crippen LogP contribution in [0.5, 0.6) is 5.88 Å². The first kappa shape index (κ1) is 13.7. The van der Waals surface area contributed by atoms with Gasteiger partial charge in [0.1, 0.15) is 0 Å². The Labute approximate surface area is 101 Å². The van der Waals surface area contributed by atoms with Crippen molar-refractivity contribution >= 4 is 16.0 Å². The summed E-state index contributed by atoms with van der Waals surface area (Å²) in [6, 6.07) is 1.64. The summed E-state index contributed by atoms with van der Waals surface area (Å²) < 4.78 is 29.7. The highest BCUT2D eigenvalue weighted by Crippen LogP contribution is 2.07. The van der Waals surface area contributed by atoms with E-state index in [1.165, 1.54) is 7.05 Å². The average Bonchev–Trinajstić information content (AvgIpc) is 2.30. The Morgan fingerprint density at radius 3 is 2.88 bits per heavy atom. The van der Waals surface area contributed by atoms with Gasteiger partial charge in [-0.2, -0.15) is 4.98 Å². The van der Waals surface area contributed by atoms with Crippen LogP contribution in [0.2, 0.25) is 0 Å². The SMILES string of the molecule is CCOc1ccnc(NCCS(=O)(=O)NC)n1. The third kappa shape index (κ3) is 4.96. The van der Waals surface area contributed by atoms with Gasteiger partial charge in [0.25, 0.3) is 0 Å². The van der Waals surface area contributed by atoms with Crippen molar-refractivity contribution in [2.45, 2.75) is 6.92 Å². The summed E-state index contributed by atoms with van der Waals surface area (Å²) in [5, 5.41) is 2.81. The zero-order chi connectivity index (χ0) is 12.7. The van der Waals surface area contributed by atoms with Gasteiger partial charge in [-0.3, -0.25) is 0 Å². The summed E-state index contributed by atoms with van der Waals surface area (Å²) in [6.45, 7) is 2.61. The van der Waals surface area contributed by atoms with E-state index in [1.807, 2.05) is 6.92 Å². The molecule has 0 amide bonds. The smallest absolute Gasteiger partial charge is 0.225 e. The topological polar surface area (TPSA) is 93.2 Å². The molecule has 7 nitrogen and oxygen atoms in total. The van der Waals surface area contributed by atoms with Crippen LogP contribution >= 0.6 is 0 Å². The highest BCUT2D eigenvalue weighted by Gasteiger charge is 2.06. The lowest BCUT2D eigenvalue weighted by Crippen LogP contribution is -2.26. The molecule has 0 fully saturated rings. The van der Waals surface area contributed by atoms with E-state index in [0.29, 0.717) is 18.4 Å². The van der Waals surface area contributed by atoms with E-state index in [9.17, 15) is 8.42 Å². The molecule has 1 heterocycles. The van der Waals surface area contributed by atoms with Crippen LogP contribution in [0.25, 0.3) is 0 Å². The van der Waals surface area contributed by atoms with Crippen LogP contribution in [0.1, 0.15) is 6.92 Å². The van der Waals surface area contributed by atoms with Gasteiger partial charge in [0, 0.05) is 18.8 Å². The minimum Gasteiger partial charge on any atom is -0.478 e. The van der Waals surface area contributed by atoms with Gasteiger partial charge in [0.2, 0.25) is 21.9 Å². The van der Waals surface area contributed by atoms with Crippen LogP contribution in [-0.2, 0) is 10.0 Å². The molecule has 0 saturated heterocycles. The highest BCUT2D eigenvalue weighted by molar-refractivity contribution is 7.89. The fourth-order valence-corrected chi connectivity index (χ4v) is 1.63. The maximum atomic E-state index is 11.1. The molecule has 96 valence electrons. The molecule has 17 heavy (non-hydrogen) atoms. The molecule has 1 aromatic heterocycles. The molecule has 0 atom stereocenters. The zero-order valence-electron chi connectivity index (χ0n) is 9.80. The van der Waals surface area contributed by atoms with Gasteiger partial charge in [-0.15, -0.1) is 0 Å². The van der Waals surface area contributed by atoms with Crippen LogP contribution in [0.15, 0.2) is 12.3 Å². The number of anilines is 1. The van der Waals surface area contributed by atoms with E-state index in [4.69, 9.17) is 4.74 Å². The molecule has 8 heteroatoms. The van der Waals surface area contributed by atoms with E-state index in [0.717, 1.165) is 0 Å². The van der Waals surface area contributed by atoms with Crippen LogP contribution in [0.3, 0.4) is 0 Å². The number of rotatable bonds is 7. The van der Waals surface area contributed by atoms with Gasteiger partial charge < -0.3 is 10.1 Å². The summed E-state index contributed by atoms with van der Waals surface area (Å²) in [5.41, 5.74) is 0. The third-order valence-electron chi connectivity index (χ3n) is 1.89. The normalized spacial score (nSPS) is 11.2. The van der Waals surface area contributed by atoms with Gasteiger partial charge in [-0.05, 0) is 14.0 Å². The van der Waals surface area contributed by atoms with E-state index < -0.39 is 10.0 Å². The van der Waals surface area contributed by atoms with Crippen molar-refractivity contribution in [2.24, 2.45) is 0 Å². The van der Waals surface area contributed by atoms with E-state index in [2.05, 4.69) is 20.0 Å². The van der Waals surface area contributed by atoms with E-state index >= 15 is 0 Å². The maximum Gasteiger partial charge on any atom is 0.225 e. The monoisotopic (exact) mass is 260 g/mol. The number of hydrogen-bond acceptors (Lipinski definition) is 6. The van der Waals surface area contributed by atoms with Gasteiger partial charge in [0.05, 0.1) is 12.4 Å². The fraction of sp³-hybridized carbons (Fsp3) is 0.556. The van der Waals surface area contributed by atoms with Crippen LogP contribution in [0.4, 0.5) is 5.95 Å². The summed E-state index contributed by atoms with van der Waals surface area (Å²) in [4.78, 5) is 8.00. The molecule has 0 aliphatic rings. The Hall–Kier alpha value is -1.41. The number of aromatic nitrogens is 2. The highest BCUT2D eigenvalue weighted by atomic mass is 32.2. The molecule has 0 spiro atoms. The van der Waals surface area contributed by atoms with Crippen LogP contribution < -0.4 is 14.8 Å². The summed E-state index contributed by atoms with van der Waals surface area (Å²) in [6.07, 6.45) is 1.55. The first-order valence-electron chi connectivity index (χ1n) is 5.18. The Balaban J connectivity index is 2.49. The molecular formula is C9H16N4O3S. The van der Waals surface area contributed by atoms with Crippen LogP contribution in [0, 0.1) is 0 Å². The van der Waals surface area contributed by atoms with Crippen molar-refractivity contribution in [1.82, 2.24) is 14.7 Å². The first-order chi connectivity index (χ1) is 8.07. The van der Waals surface area contributed by atoms with Crippen molar-refractivity contribution in [3.63, 3.8) is 0 Å². The predicted octanol–water partition coefficient (Wildman–Crippen LogP) is -0.164. The van der Waals surface area contributed by atoms with Crippen molar-refractivity contribution in [3.05, 3.63) is 12.3 Å². The number of sulfonamides is 1. The molecule has 0 saturated carbocycles.